The van der Waals surface area contributed by atoms with Crippen molar-refractivity contribution in [3.63, 3.8) is 0 Å². The maximum Gasteiger partial charge on any atom is 0.157 e. The summed E-state index contributed by atoms with van der Waals surface area (Å²) in [6.07, 6.45) is 1.04. The molecule has 0 aliphatic heterocycles. The van der Waals surface area contributed by atoms with Gasteiger partial charge in [0.25, 0.3) is 0 Å². The zero-order valence-electron chi connectivity index (χ0n) is 7.61. The standard InChI is InChI=1S/C9H9BrN2S2/c1-2-6(10)8-11-12-9(14-8)7-4-3-5-13-7/h3-6H,2H2,1H3. The summed E-state index contributed by atoms with van der Waals surface area (Å²) in [6.45, 7) is 2.13. The van der Waals surface area contributed by atoms with Crippen LogP contribution in [0.15, 0.2) is 17.5 Å². The third kappa shape index (κ3) is 2.04. The first kappa shape index (κ1) is 10.3. The van der Waals surface area contributed by atoms with Crippen LogP contribution in [-0.2, 0) is 0 Å². The van der Waals surface area contributed by atoms with Gasteiger partial charge in [-0.25, -0.2) is 0 Å². The van der Waals surface area contributed by atoms with Gasteiger partial charge in [0.15, 0.2) is 5.01 Å². The number of thiophene rings is 1. The van der Waals surface area contributed by atoms with Crippen molar-refractivity contribution < 1.29 is 0 Å². The molecule has 0 amide bonds. The van der Waals surface area contributed by atoms with Gasteiger partial charge in [0.05, 0.1) is 9.70 Å². The zero-order chi connectivity index (χ0) is 9.97. The fourth-order valence-electron chi connectivity index (χ4n) is 1.04. The molecule has 0 fully saturated rings. The van der Waals surface area contributed by atoms with Gasteiger partial charge in [0, 0.05) is 0 Å². The summed E-state index contributed by atoms with van der Waals surface area (Å²) < 4.78 is 0. The van der Waals surface area contributed by atoms with Gasteiger partial charge in [-0.15, -0.1) is 21.5 Å². The summed E-state index contributed by atoms with van der Waals surface area (Å²) in [5.41, 5.74) is 0. The number of nitrogens with zero attached hydrogens (tertiary/aromatic N) is 2. The Morgan fingerprint density at radius 1 is 1.50 bits per heavy atom. The van der Waals surface area contributed by atoms with Gasteiger partial charge in [-0.3, -0.25) is 0 Å². The Morgan fingerprint density at radius 3 is 3.00 bits per heavy atom. The fourth-order valence-corrected chi connectivity index (χ4v) is 3.10. The summed E-state index contributed by atoms with van der Waals surface area (Å²) in [4.78, 5) is 1.54. The fraction of sp³-hybridized carbons (Fsp3) is 0.333. The van der Waals surface area contributed by atoms with Crippen molar-refractivity contribution in [3.05, 3.63) is 22.5 Å². The summed E-state index contributed by atoms with van der Waals surface area (Å²) in [5.74, 6) is 0. The minimum Gasteiger partial charge on any atom is -0.142 e. The van der Waals surface area contributed by atoms with Crippen molar-refractivity contribution in [2.45, 2.75) is 18.2 Å². The van der Waals surface area contributed by atoms with Crippen LogP contribution in [0.1, 0.15) is 23.2 Å². The third-order valence-corrected chi connectivity index (χ3v) is 5.26. The van der Waals surface area contributed by atoms with Crippen LogP contribution in [0.3, 0.4) is 0 Å². The smallest absolute Gasteiger partial charge is 0.142 e. The lowest BCUT2D eigenvalue weighted by Crippen LogP contribution is -1.84. The number of hydrogen-bond acceptors (Lipinski definition) is 4. The average molecular weight is 289 g/mol. The number of aromatic nitrogens is 2. The Morgan fingerprint density at radius 2 is 2.36 bits per heavy atom. The summed E-state index contributed by atoms with van der Waals surface area (Å²) >= 11 is 6.94. The molecule has 2 heterocycles. The highest BCUT2D eigenvalue weighted by atomic mass is 79.9. The van der Waals surface area contributed by atoms with Gasteiger partial charge >= 0.3 is 0 Å². The number of halogens is 1. The van der Waals surface area contributed by atoms with E-state index in [1.807, 2.05) is 6.07 Å². The molecule has 74 valence electrons. The molecule has 0 radical (unpaired) electrons. The number of alkyl halides is 1. The van der Waals surface area contributed by atoms with E-state index in [1.54, 1.807) is 22.7 Å². The van der Waals surface area contributed by atoms with Crippen LogP contribution >= 0.6 is 38.6 Å². The molecular formula is C9H9BrN2S2. The number of hydrogen-bond donors (Lipinski definition) is 0. The van der Waals surface area contributed by atoms with Crippen LogP contribution in [0.2, 0.25) is 0 Å². The highest BCUT2D eigenvalue weighted by Gasteiger charge is 2.12. The third-order valence-electron chi connectivity index (χ3n) is 1.80. The van der Waals surface area contributed by atoms with Crippen molar-refractivity contribution in [2.75, 3.05) is 0 Å². The van der Waals surface area contributed by atoms with E-state index >= 15 is 0 Å². The van der Waals surface area contributed by atoms with Crippen LogP contribution in [0.25, 0.3) is 9.88 Å². The van der Waals surface area contributed by atoms with Crippen molar-refractivity contribution >= 4 is 38.6 Å². The van der Waals surface area contributed by atoms with E-state index in [1.165, 1.54) is 4.88 Å². The molecule has 0 aliphatic rings. The molecule has 0 N–H and O–H groups in total. The lowest BCUT2D eigenvalue weighted by atomic mass is 10.4. The Bertz CT molecular complexity index is 397. The minimum atomic E-state index is 0.341. The maximum absolute atomic E-state index is 4.18. The Labute approximate surface area is 99.1 Å². The van der Waals surface area contributed by atoms with E-state index in [0.717, 1.165) is 16.4 Å². The molecule has 14 heavy (non-hydrogen) atoms. The summed E-state index contributed by atoms with van der Waals surface area (Å²) in [6, 6.07) is 4.11. The van der Waals surface area contributed by atoms with E-state index in [9.17, 15) is 0 Å². The Kier molecular flexibility index (Phi) is 3.30. The monoisotopic (exact) mass is 288 g/mol. The first-order chi connectivity index (χ1) is 6.81. The van der Waals surface area contributed by atoms with Crippen LogP contribution in [0.5, 0.6) is 0 Å². The molecule has 2 aromatic rings. The predicted molar refractivity (Wildman–Crippen MR) is 65.2 cm³/mol. The van der Waals surface area contributed by atoms with Crippen molar-refractivity contribution in [1.29, 1.82) is 0 Å². The Balaban J connectivity index is 2.26. The second-order valence-electron chi connectivity index (χ2n) is 2.80. The molecule has 0 spiro atoms. The molecule has 1 unspecified atom stereocenters. The lowest BCUT2D eigenvalue weighted by molar-refractivity contribution is 0.870. The Hall–Kier alpha value is -0.260. The minimum absolute atomic E-state index is 0.341. The van der Waals surface area contributed by atoms with E-state index in [-0.39, 0.29) is 0 Å². The molecule has 0 aromatic carbocycles. The van der Waals surface area contributed by atoms with Crippen LogP contribution in [0, 0.1) is 0 Å². The van der Waals surface area contributed by atoms with Crippen molar-refractivity contribution in [1.82, 2.24) is 10.2 Å². The van der Waals surface area contributed by atoms with Crippen LogP contribution in [0.4, 0.5) is 0 Å². The molecule has 5 heteroatoms. The summed E-state index contributed by atoms with van der Waals surface area (Å²) in [5, 5.41) is 12.5. The van der Waals surface area contributed by atoms with Gasteiger partial charge in [-0.2, -0.15) is 0 Å². The lowest BCUT2D eigenvalue weighted by Gasteiger charge is -1.97. The SMILES string of the molecule is CCC(Br)c1nnc(-c2cccs2)s1. The highest BCUT2D eigenvalue weighted by Crippen LogP contribution is 2.33. The first-order valence-electron chi connectivity index (χ1n) is 4.32. The van der Waals surface area contributed by atoms with Gasteiger partial charge in [-0.05, 0) is 17.9 Å². The van der Waals surface area contributed by atoms with Gasteiger partial charge in [-0.1, -0.05) is 40.3 Å². The molecular weight excluding hydrogens is 280 g/mol. The van der Waals surface area contributed by atoms with E-state index in [2.05, 4.69) is 44.5 Å². The van der Waals surface area contributed by atoms with Crippen molar-refractivity contribution in [2.24, 2.45) is 0 Å². The molecule has 0 aliphatic carbocycles. The molecule has 2 nitrogen and oxygen atoms in total. The van der Waals surface area contributed by atoms with Crippen LogP contribution < -0.4 is 0 Å². The number of rotatable bonds is 3. The van der Waals surface area contributed by atoms with Crippen LogP contribution in [-0.4, -0.2) is 10.2 Å². The second kappa shape index (κ2) is 4.51. The van der Waals surface area contributed by atoms with Gasteiger partial charge in [0.2, 0.25) is 0 Å². The van der Waals surface area contributed by atoms with Gasteiger partial charge in [0.1, 0.15) is 5.01 Å². The molecule has 2 aromatic heterocycles. The van der Waals surface area contributed by atoms with Crippen molar-refractivity contribution in [3.8, 4) is 9.88 Å². The normalized spacial score (nSPS) is 13.0. The predicted octanol–water partition coefficient (Wildman–Crippen LogP) is 4.11. The quantitative estimate of drug-likeness (QED) is 0.795. The summed E-state index contributed by atoms with van der Waals surface area (Å²) in [7, 11) is 0. The van der Waals surface area contributed by atoms with Gasteiger partial charge < -0.3 is 0 Å². The highest BCUT2D eigenvalue weighted by molar-refractivity contribution is 9.09. The molecule has 0 saturated heterocycles. The topological polar surface area (TPSA) is 25.8 Å². The average Bonchev–Trinajstić information content (AvgIpc) is 2.86. The second-order valence-corrected chi connectivity index (χ2v) is 5.86. The first-order valence-corrected chi connectivity index (χ1v) is 6.93. The zero-order valence-corrected chi connectivity index (χ0v) is 10.8. The maximum atomic E-state index is 4.18. The van der Waals surface area contributed by atoms with E-state index in [4.69, 9.17) is 0 Å². The molecule has 1 atom stereocenters. The van der Waals surface area contributed by atoms with E-state index < -0.39 is 0 Å². The van der Waals surface area contributed by atoms with E-state index in [0.29, 0.717) is 4.83 Å². The largest absolute Gasteiger partial charge is 0.157 e. The molecule has 0 saturated carbocycles. The molecule has 2 rings (SSSR count). The molecule has 0 bridgehead atoms.